The van der Waals surface area contributed by atoms with Crippen molar-refractivity contribution in [2.45, 2.75) is 64.7 Å². The molecule has 0 N–H and O–H groups in total. The zero-order chi connectivity index (χ0) is 12.6. The van der Waals surface area contributed by atoms with E-state index in [0.29, 0.717) is 0 Å². The van der Waals surface area contributed by atoms with Gasteiger partial charge in [0.05, 0.1) is 5.04 Å². The highest BCUT2D eigenvalue weighted by Gasteiger charge is 2.16. The third-order valence-electron chi connectivity index (χ3n) is 3.25. The standard InChI is InChI=1S/C13H25NS3/c1-2-3-4-5-6-7-8-9-10-13-14-11-12-17(13,15)16/h2-12H2,1H3. The molecule has 0 bridgehead atoms. The number of hydrogen-bond donors (Lipinski definition) is 0. The monoisotopic (exact) mass is 291 g/mol. The Bertz CT molecular complexity index is 331. The molecule has 1 rings (SSSR count). The molecule has 0 radical (unpaired) electrons. The van der Waals surface area contributed by atoms with Crippen LogP contribution in [0.5, 0.6) is 0 Å². The number of nitrogens with zero attached hydrogens (tertiary/aromatic N) is 1. The van der Waals surface area contributed by atoms with Gasteiger partial charge in [-0.3, -0.25) is 4.99 Å². The summed E-state index contributed by atoms with van der Waals surface area (Å²) in [4.78, 5) is 4.49. The molecule has 0 aromatic heterocycles. The first-order valence-corrected chi connectivity index (χ1v) is 10.6. The fourth-order valence-corrected chi connectivity index (χ4v) is 4.73. The Balaban J connectivity index is 1.98. The van der Waals surface area contributed by atoms with Crippen molar-refractivity contribution in [1.29, 1.82) is 0 Å². The van der Waals surface area contributed by atoms with Gasteiger partial charge in [0.1, 0.15) is 0 Å². The van der Waals surface area contributed by atoms with E-state index in [0.717, 1.165) is 18.7 Å². The second-order valence-electron chi connectivity index (χ2n) is 4.82. The lowest BCUT2D eigenvalue weighted by Crippen LogP contribution is -2.09. The Labute approximate surface area is 116 Å². The summed E-state index contributed by atoms with van der Waals surface area (Å²) >= 11 is 10.9. The van der Waals surface area contributed by atoms with E-state index < -0.39 is 7.15 Å². The molecule has 1 heterocycles. The first kappa shape index (κ1) is 15.5. The van der Waals surface area contributed by atoms with E-state index in [1.54, 1.807) is 0 Å². The molecule has 1 aliphatic rings. The average molecular weight is 292 g/mol. The fourth-order valence-electron chi connectivity index (χ4n) is 2.15. The van der Waals surface area contributed by atoms with Crippen LogP contribution in [-0.4, -0.2) is 17.3 Å². The predicted octanol–water partition coefficient (Wildman–Crippen LogP) is 4.01. The smallest absolute Gasteiger partial charge is 0.0758 e. The van der Waals surface area contributed by atoms with Gasteiger partial charge in [-0.25, -0.2) is 0 Å². The van der Waals surface area contributed by atoms with Gasteiger partial charge in [0.25, 0.3) is 0 Å². The summed E-state index contributed by atoms with van der Waals surface area (Å²) < 4.78 is 0. The van der Waals surface area contributed by atoms with E-state index >= 15 is 0 Å². The van der Waals surface area contributed by atoms with E-state index in [4.69, 9.17) is 22.4 Å². The third-order valence-corrected chi connectivity index (χ3v) is 7.18. The Morgan fingerprint density at radius 1 is 1.00 bits per heavy atom. The Kier molecular flexibility index (Phi) is 7.80. The van der Waals surface area contributed by atoms with Gasteiger partial charge in [0.2, 0.25) is 0 Å². The summed E-state index contributed by atoms with van der Waals surface area (Å²) in [6.45, 7) is 3.16. The molecular formula is C13H25NS3. The van der Waals surface area contributed by atoms with Gasteiger partial charge < -0.3 is 0 Å². The molecule has 0 spiro atoms. The quantitative estimate of drug-likeness (QED) is 0.595. The highest BCUT2D eigenvalue weighted by atomic mass is 33.1. The van der Waals surface area contributed by atoms with Gasteiger partial charge in [-0.05, 0) is 42.4 Å². The maximum absolute atomic E-state index is 5.45. The SMILES string of the molecule is CCCCCCCCCCC1=NCCS1(=S)=S. The largest absolute Gasteiger partial charge is 0.281 e. The number of aliphatic imine (C=N–C) groups is 1. The van der Waals surface area contributed by atoms with Crippen LogP contribution in [0.3, 0.4) is 0 Å². The van der Waals surface area contributed by atoms with Gasteiger partial charge in [0.15, 0.2) is 0 Å². The molecule has 1 nitrogen and oxygen atoms in total. The van der Waals surface area contributed by atoms with Crippen LogP contribution in [-0.2, 0) is 29.5 Å². The van der Waals surface area contributed by atoms with E-state index in [2.05, 4.69) is 11.9 Å². The molecule has 0 saturated carbocycles. The molecule has 0 amide bonds. The lowest BCUT2D eigenvalue weighted by molar-refractivity contribution is 0.580. The fraction of sp³-hybridized carbons (Fsp3) is 0.923. The van der Waals surface area contributed by atoms with E-state index in [-0.39, 0.29) is 0 Å². The second kappa shape index (κ2) is 8.54. The summed E-state index contributed by atoms with van der Waals surface area (Å²) in [5.41, 5.74) is 0. The van der Waals surface area contributed by atoms with E-state index in [1.807, 2.05) is 0 Å². The maximum Gasteiger partial charge on any atom is 0.0758 e. The van der Waals surface area contributed by atoms with Crippen molar-refractivity contribution in [3.8, 4) is 0 Å². The van der Waals surface area contributed by atoms with Crippen LogP contribution >= 0.6 is 0 Å². The summed E-state index contributed by atoms with van der Waals surface area (Å²) in [6, 6.07) is 0. The van der Waals surface area contributed by atoms with Crippen LogP contribution in [0.25, 0.3) is 0 Å². The topological polar surface area (TPSA) is 12.4 Å². The van der Waals surface area contributed by atoms with Crippen molar-refractivity contribution in [1.82, 2.24) is 0 Å². The van der Waals surface area contributed by atoms with Gasteiger partial charge >= 0.3 is 0 Å². The van der Waals surface area contributed by atoms with Crippen molar-refractivity contribution in [3.05, 3.63) is 0 Å². The first-order chi connectivity index (χ1) is 8.17. The molecule has 0 atom stereocenters. The summed E-state index contributed by atoms with van der Waals surface area (Å²) in [6.07, 6.45) is 12.0. The molecular weight excluding hydrogens is 266 g/mol. The first-order valence-electron chi connectivity index (χ1n) is 6.93. The minimum absolute atomic E-state index is 0.898. The summed E-state index contributed by atoms with van der Waals surface area (Å²) in [7, 11) is -1.28. The normalized spacial score (nSPS) is 18.3. The molecule has 4 heteroatoms. The zero-order valence-electron chi connectivity index (χ0n) is 11.0. The number of unbranched alkanes of at least 4 members (excludes halogenated alkanes) is 7. The molecule has 0 aliphatic carbocycles. The van der Waals surface area contributed by atoms with Crippen LogP contribution in [0.15, 0.2) is 4.99 Å². The number of hydrogen-bond acceptors (Lipinski definition) is 3. The van der Waals surface area contributed by atoms with Crippen LogP contribution in [0, 0.1) is 0 Å². The predicted molar refractivity (Wildman–Crippen MR) is 86.5 cm³/mol. The average Bonchev–Trinajstić information content (AvgIpc) is 2.62. The van der Waals surface area contributed by atoms with Gasteiger partial charge in [-0.2, -0.15) is 0 Å². The van der Waals surface area contributed by atoms with E-state index in [9.17, 15) is 0 Å². The highest BCUT2D eigenvalue weighted by Crippen LogP contribution is 2.14. The van der Waals surface area contributed by atoms with Crippen molar-refractivity contribution < 1.29 is 0 Å². The van der Waals surface area contributed by atoms with Crippen molar-refractivity contribution in [2.75, 3.05) is 12.3 Å². The van der Waals surface area contributed by atoms with Gasteiger partial charge in [0, 0.05) is 12.3 Å². The zero-order valence-corrected chi connectivity index (χ0v) is 13.4. The minimum Gasteiger partial charge on any atom is -0.281 e. The Hall–Kier alpha value is 0.460. The van der Waals surface area contributed by atoms with Gasteiger partial charge in [-0.15, -0.1) is 0 Å². The van der Waals surface area contributed by atoms with E-state index in [1.165, 1.54) is 56.4 Å². The molecule has 0 fully saturated rings. The third kappa shape index (κ3) is 6.25. The Morgan fingerprint density at radius 2 is 1.59 bits per heavy atom. The molecule has 0 saturated heterocycles. The van der Waals surface area contributed by atoms with Crippen molar-refractivity contribution >= 4 is 34.6 Å². The summed E-state index contributed by atoms with van der Waals surface area (Å²) in [5.74, 6) is 0.976. The molecule has 100 valence electrons. The molecule has 1 aliphatic heterocycles. The second-order valence-corrected chi connectivity index (χ2v) is 11.0. The maximum atomic E-state index is 5.45. The van der Waals surface area contributed by atoms with Gasteiger partial charge in [-0.1, -0.05) is 51.9 Å². The van der Waals surface area contributed by atoms with Crippen molar-refractivity contribution in [3.63, 3.8) is 0 Å². The summed E-state index contributed by atoms with van der Waals surface area (Å²) in [5, 5.41) is 1.20. The highest BCUT2D eigenvalue weighted by molar-refractivity contribution is 8.63. The van der Waals surface area contributed by atoms with Crippen molar-refractivity contribution in [2.24, 2.45) is 4.99 Å². The molecule has 17 heavy (non-hydrogen) atoms. The lowest BCUT2D eigenvalue weighted by Gasteiger charge is -2.05. The Morgan fingerprint density at radius 3 is 2.12 bits per heavy atom. The van der Waals surface area contributed by atoms with Crippen LogP contribution < -0.4 is 0 Å². The molecule has 0 aromatic carbocycles. The number of rotatable bonds is 9. The van der Waals surface area contributed by atoms with Crippen LogP contribution in [0.1, 0.15) is 64.7 Å². The lowest BCUT2D eigenvalue weighted by atomic mass is 10.1. The van der Waals surface area contributed by atoms with Crippen LogP contribution in [0.4, 0.5) is 0 Å². The minimum atomic E-state index is -1.28. The molecule has 0 aromatic rings. The van der Waals surface area contributed by atoms with Crippen LogP contribution in [0.2, 0.25) is 0 Å². The molecule has 0 unspecified atom stereocenters.